The SMILES string of the molecule is C=Cc1ccc(CN2CCN(C)CC2)cn1. The van der Waals surface area contributed by atoms with Gasteiger partial charge in [-0.05, 0) is 24.8 Å². The molecule has 0 amide bonds. The van der Waals surface area contributed by atoms with Gasteiger partial charge in [0.15, 0.2) is 0 Å². The molecule has 0 bridgehead atoms. The predicted octanol–water partition coefficient (Wildman–Crippen LogP) is 1.47. The van der Waals surface area contributed by atoms with Crippen LogP contribution < -0.4 is 0 Å². The van der Waals surface area contributed by atoms with Crippen molar-refractivity contribution < 1.29 is 0 Å². The summed E-state index contributed by atoms with van der Waals surface area (Å²) in [6.45, 7) is 9.35. The van der Waals surface area contributed by atoms with Gasteiger partial charge in [-0.25, -0.2) is 0 Å². The van der Waals surface area contributed by atoms with E-state index in [4.69, 9.17) is 0 Å². The molecule has 0 aliphatic carbocycles. The van der Waals surface area contributed by atoms with Gasteiger partial charge in [0.25, 0.3) is 0 Å². The quantitative estimate of drug-likeness (QED) is 0.764. The van der Waals surface area contributed by atoms with E-state index >= 15 is 0 Å². The van der Waals surface area contributed by atoms with Gasteiger partial charge in [-0.2, -0.15) is 0 Å². The Morgan fingerprint density at radius 3 is 2.62 bits per heavy atom. The van der Waals surface area contributed by atoms with Crippen molar-refractivity contribution in [2.24, 2.45) is 0 Å². The van der Waals surface area contributed by atoms with E-state index in [0.717, 1.165) is 38.4 Å². The van der Waals surface area contributed by atoms with Gasteiger partial charge in [0.2, 0.25) is 0 Å². The minimum atomic E-state index is 0.946. The van der Waals surface area contributed by atoms with Gasteiger partial charge in [-0.1, -0.05) is 12.6 Å². The summed E-state index contributed by atoms with van der Waals surface area (Å²) >= 11 is 0. The first-order valence-corrected chi connectivity index (χ1v) is 5.76. The van der Waals surface area contributed by atoms with Crippen LogP contribution in [0, 0.1) is 0 Å². The van der Waals surface area contributed by atoms with Crippen LogP contribution in [0.2, 0.25) is 0 Å². The first-order valence-electron chi connectivity index (χ1n) is 5.76. The molecule has 1 fully saturated rings. The largest absolute Gasteiger partial charge is 0.304 e. The van der Waals surface area contributed by atoms with Gasteiger partial charge in [-0.3, -0.25) is 9.88 Å². The predicted molar refractivity (Wildman–Crippen MR) is 67.1 cm³/mol. The maximum atomic E-state index is 4.32. The molecular formula is C13H19N3. The third-order valence-electron chi connectivity index (χ3n) is 3.06. The third-order valence-corrected chi connectivity index (χ3v) is 3.06. The van der Waals surface area contributed by atoms with Gasteiger partial charge < -0.3 is 4.90 Å². The molecule has 16 heavy (non-hydrogen) atoms. The minimum absolute atomic E-state index is 0.946. The van der Waals surface area contributed by atoms with Crippen molar-refractivity contribution in [2.45, 2.75) is 6.54 Å². The first kappa shape index (κ1) is 11.3. The fraction of sp³-hybridized carbons (Fsp3) is 0.462. The second-order valence-corrected chi connectivity index (χ2v) is 4.37. The lowest BCUT2D eigenvalue weighted by Gasteiger charge is -2.32. The standard InChI is InChI=1S/C13H19N3/c1-3-13-5-4-12(10-14-13)11-16-8-6-15(2)7-9-16/h3-5,10H,1,6-9,11H2,2H3. The summed E-state index contributed by atoms with van der Waals surface area (Å²) in [6, 6.07) is 4.17. The van der Waals surface area contributed by atoms with E-state index in [1.54, 1.807) is 6.08 Å². The van der Waals surface area contributed by atoms with Crippen LogP contribution in [-0.2, 0) is 6.54 Å². The van der Waals surface area contributed by atoms with E-state index < -0.39 is 0 Å². The summed E-state index contributed by atoms with van der Waals surface area (Å²) in [5.74, 6) is 0. The van der Waals surface area contributed by atoms with Crippen LogP contribution in [0.1, 0.15) is 11.3 Å². The zero-order chi connectivity index (χ0) is 11.4. The second kappa shape index (κ2) is 5.23. The molecule has 3 heteroatoms. The fourth-order valence-electron chi connectivity index (χ4n) is 1.91. The van der Waals surface area contributed by atoms with E-state index in [1.165, 1.54) is 5.56 Å². The number of likely N-dealkylation sites (N-methyl/N-ethyl adjacent to an activating group) is 1. The van der Waals surface area contributed by atoms with Crippen molar-refractivity contribution in [3.8, 4) is 0 Å². The number of pyridine rings is 1. The van der Waals surface area contributed by atoms with Crippen LogP contribution in [0.15, 0.2) is 24.9 Å². The van der Waals surface area contributed by atoms with Crippen LogP contribution in [0.4, 0.5) is 0 Å². The molecular weight excluding hydrogens is 198 g/mol. The van der Waals surface area contributed by atoms with Crippen molar-refractivity contribution >= 4 is 6.08 Å². The summed E-state index contributed by atoms with van der Waals surface area (Å²) in [6.07, 6.45) is 3.73. The van der Waals surface area contributed by atoms with Crippen LogP contribution in [0.25, 0.3) is 6.08 Å². The molecule has 1 aliphatic rings. The molecule has 0 aromatic carbocycles. The number of aromatic nitrogens is 1. The summed E-state index contributed by atoms with van der Waals surface area (Å²) < 4.78 is 0. The Morgan fingerprint density at radius 1 is 1.31 bits per heavy atom. The Kier molecular flexibility index (Phi) is 3.70. The highest BCUT2D eigenvalue weighted by atomic mass is 15.2. The summed E-state index contributed by atoms with van der Waals surface area (Å²) in [7, 11) is 2.18. The molecule has 0 radical (unpaired) electrons. The first-order chi connectivity index (χ1) is 7.78. The van der Waals surface area contributed by atoms with Crippen LogP contribution in [0.5, 0.6) is 0 Å². The van der Waals surface area contributed by atoms with Crippen LogP contribution in [0.3, 0.4) is 0 Å². The monoisotopic (exact) mass is 217 g/mol. The molecule has 3 nitrogen and oxygen atoms in total. The summed E-state index contributed by atoms with van der Waals surface area (Å²) in [5, 5.41) is 0. The Bertz CT molecular complexity index is 337. The zero-order valence-corrected chi connectivity index (χ0v) is 9.89. The molecule has 1 aromatic rings. The maximum Gasteiger partial charge on any atom is 0.0623 e. The van der Waals surface area contributed by atoms with Gasteiger partial charge in [0, 0.05) is 38.9 Å². The topological polar surface area (TPSA) is 19.4 Å². The molecule has 2 rings (SSSR count). The van der Waals surface area contributed by atoms with E-state index in [-0.39, 0.29) is 0 Å². The maximum absolute atomic E-state index is 4.32. The Balaban J connectivity index is 1.91. The molecule has 0 unspecified atom stereocenters. The Labute approximate surface area is 97.4 Å². The Hall–Kier alpha value is -1.19. The van der Waals surface area contributed by atoms with E-state index in [0.29, 0.717) is 0 Å². The average Bonchev–Trinajstić information content (AvgIpc) is 2.33. The van der Waals surface area contributed by atoms with Crippen molar-refractivity contribution in [1.29, 1.82) is 0 Å². The lowest BCUT2D eigenvalue weighted by molar-refractivity contribution is 0.148. The van der Waals surface area contributed by atoms with Crippen molar-refractivity contribution in [1.82, 2.24) is 14.8 Å². The molecule has 0 atom stereocenters. The highest BCUT2D eigenvalue weighted by Crippen LogP contribution is 2.07. The minimum Gasteiger partial charge on any atom is -0.304 e. The van der Waals surface area contributed by atoms with Crippen molar-refractivity contribution in [3.63, 3.8) is 0 Å². The third kappa shape index (κ3) is 2.90. The van der Waals surface area contributed by atoms with Gasteiger partial charge in [0.1, 0.15) is 0 Å². The molecule has 0 saturated carbocycles. The van der Waals surface area contributed by atoms with Crippen LogP contribution >= 0.6 is 0 Å². The Morgan fingerprint density at radius 2 is 2.06 bits per heavy atom. The number of hydrogen-bond donors (Lipinski definition) is 0. The number of hydrogen-bond acceptors (Lipinski definition) is 3. The molecule has 86 valence electrons. The summed E-state index contributed by atoms with van der Waals surface area (Å²) in [4.78, 5) is 9.17. The van der Waals surface area contributed by atoms with Crippen molar-refractivity contribution in [3.05, 3.63) is 36.2 Å². The molecule has 0 spiro atoms. The zero-order valence-electron chi connectivity index (χ0n) is 9.89. The van der Waals surface area contributed by atoms with Gasteiger partial charge in [0.05, 0.1) is 5.69 Å². The molecule has 0 N–H and O–H groups in total. The van der Waals surface area contributed by atoms with Gasteiger partial charge in [-0.15, -0.1) is 0 Å². The highest BCUT2D eigenvalue weighted by Gasteiger charge is 2.13. The molecule has 1 aliphatic heterocycles. The number of piperazine rings is 1. The number of rotatable bonds is 3. The smallest absolute Gasteiger partial charge is 0.0623 e. The molecule has 1 aromatic heterocycles. The van der Waals surface area contributed by atoms with Crippen molar-refractivity contribution in [2.75, 3.05) is 33.2 Å². The molecule has 2 heterocycles. The van der Waals surface area contributed by atoms with Gasteiger partial charge >= 0.3 is 0 Å². The second-order valence-electron chi connectivity index (χ2n) is 4.37. The lowest BCUT2D eigenvalue weighted by atomic mass is 10.2. The average molecular weight is 217 g/mol. The summed E-state index contributed by atoms with van der Waals surface area (Å²) in [5.41, 5.74) is 2.23. The fourth-order valence-corrected chi connectivity index (χ4v) is 1.91. The normalized spacial score (nSPS) is 18.6. The van der Waals surface area contributed by atoms with Crippen LogP contribution in [-0.4, -0.2) is 48.0 Å². The molecule has 1 saturated heterocycles. The van der Waals surface area contributed by atoms with E-state index in [2.05, 4.69) is 34.5 Å². The lowest BCUT2D eigenvalue weighted by Crippen LogP contribution is -2.43. The number of nitrogens with zero attached hydrogens (tertiary/aromatic N) is 3. The van der Waals surface area contributed by atoms with E-state index in [1.807, 2.05) is 12.3 Å². The van der Waals surface area contributed by atoms with E-state index in [9.17, 15) is 0 Å². The highest BCUT2D eigenvalue weighted by molar-refractivity contribution is 5.41.